The van der Waals surface area contributed by atoms with Gasteiger partial charge < -0.3 is 10.1 Å². The van der Waals surface area contributed by atoms with Crippen LogP contribution in [0.1, 0.15) is 23.4 Å². The number of hydrogen-bond donors (Lipinski definition) is 1. The van der Waals surface area contributed by atoms with Crippen LogP contribution in [0, 0.1) is 6.92 Å². The molecular formula is C19H22BrF3N4O2. The number of nitrogens with one attached hydrogen (secondary N) is 1. The third-order valence-electron chi connectivity index (χ3n) is 4.67. The van der Waals surface area contributed by atoms with E-state index in [2.05, 4.69) is 31.2 Å². The van der Waals surface area contributed by atoms with Crippen molar-refractivity contribution in [3.8, 4) is 0 Å². The molecule has 1 aliphatic rings. The number of anilines is 1. The number of carbonyl (C=O) groups excluding carboxylic acids is 1. The zero-order chi connectivity index (χ0) is 21.0. The lowest BCUT2D eigenvalue weighted by Crippen LogP contribution is -2.35. The van der Waals surface area contributed by atoms with Crippen molar-refractivity contribution in [3.05, 3.63) is 45.7 Å². The van der Waals surface area contributed by atoms with Crippen LogP contribution in [0.5, 0.6) is 0 Å². The Hall–Kier alpha value is -1.91. The molecule has 1 aromatic heterocycles. The van der Waals surface area contributed by atoms with Gasteiger partial charge in [0.25, 0.3) is 0 Å². The fraction of sp³-hybridized carbons (Fsp3) is 0.474. The topological polar surface area (TPSA) is 59.4 Å². The van der Waals surface area contributed by atoms with Crippen LogP contribution in [0.15, 0.2) is 28.7 Å². The first-order chi connectivity index (χ1) is 13.7. The van der Waals surface area contributed by atoms with E-state index in [-0.39, 0.29) is 23.3 Å². The van der Waals surface area contributed by atoms with E-state index in [1.165, 1.54) is 11.6 Å². The van der Waals surface area contributed by atoms with Gasteiger partial charge in [0, 0.05) is 31.7 Å². The largest absolute Gasteiger partial charge is 0.436 e. The van der Waals surface area contributed by atoms with Crippen LogP contribution in [-0.2, 0) is 28.8 Å². The number of ether oxygens (including phenoxy) is 1. The molecule has 1 aromatic carbocycles. The molecule has 1 fully saturated rings. The summed E-state index contributed by atoms with van der Waals surface area (Å²) in [7, 11) is 0. The zero-order valence-electron chi connectivity index (χ0n) is 15.9. The van der Waals surface area contributed by atoms with Crippen LogP contribution >= 0.6 is 15.9 Å². The first-order valence-electron chi connectivity index (χ1n) is 9.23. The molecule has 3 rings (SSSR count). The zero-order valence-corrected chi connectivity index (χ0v) is 17.5. The maximum Gasteiger partial charge on any atom is 0.436 e. The highest BCUT2D eigenvalue weighted by atomic mass is 79.9. The van der Waals surface area contributed by atoms with Gasteiger partial charge in [0.15, 0.2) is 5.69 Å². The Bertz CT molecular complexity index is 864. The number of nitrogens with zero attached hydrogens (tertiary/aromatic N) is 3. The quantitative estimate of drug-likeness (QED) is 0.690. The van der Waals surface area contributed by atoms with E-state index in [9.17, 15) is 18.0 Å². The van der Waals surface area contributed by atoms with Crippen LogP contribution in [0.2, 0.25) is 0 Å². The predicted octanol–water partition coefficient (Wildman–Crippen LogP) is 3.83. The van der Waals surface area contributed by atoms with E-state index < -0.39 is 11.9 Å². The SMILES string of the molecule is Cc1c(Br)c(C(F)(F)F)nn1CCC(=O)Nc1cccc(CN2CCOCC2)c1. The number of rotatable bonds is 6. The van der Waals surface area contributed by atoms with Crippen molar-refractivity contribution in [2.75, 3.05) is 31.6 Å². The number of aryl methyl sites for hydroxylation is 1. The lowest BCUT2D eigenvalue weighted by molar-refractivity contribution is -0.142. The predicted molar refractivity (Wildman–Crippen MR) is 105 cm³/mol. The van der Waals surface area contributed by atoms with Crippen molar-refractivity contribution in [2.45, 2.75) is 32.6 Å². The summed E-state index contributed by atoms with van der Waals surface area (Å²) in [6.45, 7) is 5.53. The monoisotopic (exact) mass is 474 g/mol. The Kier molecular flexibility index (Phi) is 6.97. The molecule has 0 aliphatic carbocycles. The highest BCUT2D eigenvalue weighted by Gasteiger charge is 2.37. The minimum absolute atomic E-state index is 0.0138. The van der Waals surface area contributed by atoms with Crippen LogP contribution in [-0.4, -0.2) is 46.9 Å². The molecule has 0 atom stereocenters. The smallest absolute Gasteiger partial charge is 0.379 e. The highest BCUT2D eigenvalue weighted by Crippen LogP contribution is 2.35. The standard InChI is InChI=1S/C19H22BrF3N4O2/c1-13-17(20)18(19(21,22)23)25-27(13)6-5-16(28)24-15-4-2-3-14(11-15)12-26-7-9-29-10-8-26/h2-4,11H,5-10,12H2,1H3,(H,24,28). The van der Waals surface area contributed by atoms with E-state index in [4.69, 9.17) is 4.74 Å². The summed E-state index contributed by atoms with van der Waals surface area (Å²) in [6, 6.07) is 7.56. The first-order valence-corrected chi connectivity index (χ1v) is 10.0. The van der Waals surface area contributed by atoms with Crippen LogP contribution in [0.4, 0.5) is 18.9 Å². The molecule has 6 nitrogen and oxygen atoms in total. The van der Waals surface area contributed by atoms with Gasteiger partial charge in [-0.3, -0.25) is 14.4 Å². The third-order valence-corrected chi connectivity index (χ3v) is 5.62. The lowest BCUT2D eigenvalue weighted by atomic mass is 10.1. The average Bonchev–Trinajstić information content (AvgIpc) is 2.96. The van der Waals surface area contributed by atoms with Crippen molar-refractivity contribution >= 4 is 27.5 Å². The Morgan fingerprint density at radius 2 is 2.03 bits per heavy atom. The summed E-state index contributed by atoms with van der Waals surface area (Å²) in [5.41, 5.74) is 1.09. The van der Waals surface area contributed by atoms with Crippen LogP contribution < -0.4 is 5.32 Å². The fourth-order valence-electron chi connectivity index (χ4n) is 3.12. The van der Waals surface area contributed by atoms with Gasteiger partial charge >= 0.3 is 6.18 Å². The van der Waals surface area contributed by atoms with Gasteiger partial charge in [-0.2, -0.15) is 18.3 Å². The number of amides is 1. The van der Waals surface area contributed by atoms with Crippen molar-refractivity contribution in [1.82, 2.24) is 14.7 Å². The minimum atomic E-state index is -4.54. The molecule has 0 bridgehead atoms. The highest BCUT2D eigenvalue weighted by molar-refractivity contribution is 9.10. The van der Waals surface area contributed by atoms with Crippen LogP contribution in [0.25, 0.3) is 0 Å². The number of aromatic nitrogens is 2. The molecule has 2 aromatic rings. The van der Waals surface area contributed by atoms with Gasteiger partial charge in [-0.1, -0.05) is 12.1 Å². The summed E-state index contributed by atoms with van der Waals surface area (Å²) in [4.78, 5) is 14.6. The molecule has 29 heavy (non-hydrogen) atoms. The van der Waals surface area contributed by atoms with E-state index in [1.807, 2.05) is 18.2 Å². The van der Waals surface area contributed by atoms with Gasteiger partial charge in [-0.25, -0.2) is 0 Å². The molecule has 1 saturated heterocycles. The molecule has 1 aliphatic heterocycles. The lowest BCUT2D eigenvalue weighted by Gasteiger charge is -2.26. The molecular weight excluding hydrogens is 453 g/mol. The molecule has 2 heterocycles. The molecule has 1 N–H and O–H groups in total. The number of carbonyl (C=O) groups is 1. The van der Waals surface area contributed by atoms with Gasteiger partial charge in [0.05, 0.1) is 29.9 Å². The van der Waals surface area contributed by atoms with Gasteiger partial charge in [-0.05, 0) is 40.5 Å². The van der Waals surface area contributed by atoms with Gasteiger partial charge in [-0.15, -0.1) is 0 Å². The number of alkyl halides is 3. The maximum atomic E-state index is 12.9. The molecule has 0 saturated carbocycles. The van der Waals surface area contributed by atoms with Crippen molar-refractivity contribution < 1.29 is 22.7 Å². The number of benzene rings is 1. The first kappa shape index (κ1) is 21.8. The molecule has 0 unspecified atom stereocenters. The van der Waals surface area contributed by atoms with E-state index in [1.54, 1.807) is 6.07 Å². The molecule has 10 heteroatoms. The average molecular weight is 475 g/mol. The molecule has 158 valence electrons. The summed E-state index contributed by atoms with van der Waals surface area (Å²) in [6.07, 6.45) is -4.53. The van der Waals surface area contributed by atoms with Crippen molar-refractivity contribution in [3.63, 3.8) is 0 Å². The normalized spacial score (nSPS) is 15.5. The summed E-state index contributed by atoms with van der Waals surface area (Å²) < 4.78 is 45.3. The van der Waals surface area contributed by atoms with E-state index >= 15 is 0 Å². The number of morpholine rings is 1. The summed E-state index contributed by atoms with van der Waals surface area (Å²) in [5.74, 6) is -0.284. The molecule has 0 spiro atoms. The Labute approximate surface area is 175 Å². The molecule has 0 radical (unpaired) electrons. The van der Waals surface area contributed by atoms with Gasteiger partial charge in [0.2, 0.25) is 5.91 Å². The summed E-state index contributed by atoms with van der Waals surface area (Å²) >= 11 is 2.93. The second kappa shape index (κ2) is 9.27. The van der Waals surface area contributed by atoms with Crippen molar-refractivity contribution in [2.24, 2.45) is 0 Å². The Balaban J connectivity index is 1.57. The Morgan fingerprint density at radius 1 is 1.31 bits per heavy atom. The summed E-state index contributed by atoms with van der Waals surface area (Å²) in [5, 5.41) is 6.39. The second-order valence-electron chi connectivity index (χ2n) is 6.86. The van der Waals surface area contributed by atoms with Crippen LogP contribution in [0.3, 0.4) is 0 Å². The van der Waals surface area contributed by atoms with E-state index in [0.717, 1.165) is 38.4 Å². The molecule has 1 amide bonds. The van der Waals surface area contributed by atoms with Gasteiger partial charge in [0.1, 0.15) is 0 Å². The number of halogens is 4. The Morgan fingerprint density at radius 3 is 2.69 bits per heavy atom. The second-order valence-corrected chi connectivity index (χ2v) is 7.65. The van der Waals surface area contributed by atoms with E-state index in [0.29, 0.717) is 11.4 Å². The fourth-order valence-corrected chi connectivity index (χ4v) is 3.63. The maximum absolute atomic E-state index is 12.9. The number of hydrogen-bond acceptors (Lipinski definition) is 4. The minimum Gasteiger partial charge on any atom is -0.379 e. The third kappa shape index (κ3) is 5.80. The van der Waals surface area contributed by atoms with Crippen molar-refractivity contribution in [1.29, 1.82) is 0 Å².